The van der Waals surface area contributed by atoms with Gasteiger partial charge in [0.1, 0.15) is 17.1 Å². The molecule has 0 saturated carbocycles. The van der Waals surface area contributed by atoms with Crippen LogP contribution in [0.2, 0.25) is 0 Å². The molecule has 0 fully saturated rings. The minimum Gasteiger partial charge on any atom is -0.493 e. The maximum atomic E-state index is 11.8. The number of carbonyl (C=O) groups excluding carboxylic acids is 1. The first kappa shape index (κ1) is 15.3. The van der Waals surface area contributed by atoms with Gasteiger partial charge in [0, 0.05) is 13.2 Å². The smallest absolute Gasteiger partial charge is 0.341 e. The number of benzene rings is 1. The molecule has 0 aliphatic carbocycles. The standard InChI is InChI=1S/C14H20O5/c1-5-6-18-11-7-10(2)13(14(15)17-4)12(8-11)19-9-16-3/h7-8H,5-6,9H2,1-4H3. The highest BCUT2D eigenvalue weighted by molar-refractivity contribution is 5.94. The maximum Gasteiger partial charge on any atom is 0.341 e. The quantitative estimate of drug-likeness (QED) is 0.562. The van der Waals surface area contributed by atoms with E-state index in [1.165, 1.54) is 14.2 Å². The fraction of sp³-hybridized carbons (Fsp3) is 0.500. The van der Waals surface area contributed by atoms with Crippen LogP contribution in [0, 0.1) is 6.92 Å². The van der Waals surface area contributed by atoms with Gasteiger partial charge in [-0.3, -0.25) is 0 Å². The van der Waals surface area contributed by atoms with Gasteiger partial charge < -0.3 is 18.9 Å². The van der Waals surface area contributed by atoms with Gasteiger partial charge in [0.05, 0.1) is 13.7 Å². The van der Waals surface area contributed by atoms with E-state index in [2.05, 4.69) is 0 Å². The molecule has 0 aliphatic heterocycles. The van der Waals surface area contributed by atoms with Gasteiger partial charge in [0.2, 0.25) is 0 Å². The normalized spacial score (nSPS) is 10.1. The lowest BCUT2D eigenvalue weighted by molar-refractivity contribution is 0.0462. The number of aryl methyl sites for hydroxylation is 1. The van der Waals surface area contributed by atoms with Crippen LogP contribution in [0.1, 0.15) is 29.3 Å². The van der Waals surface area contributed by atoms with Crippen molar-refractivity contribution in [1.29, 1.82) is 0 Å². The summed E-state index contributed by atoms with van der Waals surface area (Å²) in [5.74, 6) is 0.628. The Morgan fingerprint density at radius 3 is 2.53 bits per heavy atom. The van der Waals surface area contributed by atoms with Crippen molar-refractivity contribution in [3.05, 3.63) is 23.3 Å². The average molecular weight is 268 g/mol. The lowest BCUT2D eigenvalue weighted by Gasteiger charge is -2.14. The van der Waals surface area contributed by atoms with Gasteiger partial charge in [0.15, 0.2) is 6.79 Å². The third-order valence-corrected chi connectivity index (χ3v) is 2.47. The van der Waals surface area contributed by atoms with Crippen LogP contribution in [0.15, 0.2) is 12.1 Å². The summed E-state index contributed by atoms with van der Waals surface area (Å²) in [6, 6.07) is 3.47. The predicted molar refractivity (Wildman–Crippen MR) is 70.8 cm³/mol. The summed E-state index contributed by atoms with van der Waals surface area (Å²) in [5, 5.41) is 0. The van der Waals surface area contributed by atoms with Crippen LogP contribution in [-0.2, 0) is 9.47 Å². The van der Waals surface area contributed by atoms with E-state index in [1.54, 1.807) is 12.1 Å². The van der Waals surface area contributed by atoms with E-state index >= 15 is 0 Å². The Morgan fingerprint density at radius 1 is 1.21 bits per heavy atom. The second-order valence-electron chi connectivity index (χ2n) is 4.00. The average Bonchev–Trinajstić information content (AvgIpc) is 2.41. The van der Waals surface area contributed by atoms with Crippen LogP contribution in [0.5, 0.6) is 11.5 Å². The summed E-state index contributed by atoms with van der Waals surface area (Å²) >= 11 is 0. The molecule has 1 rings (SSSR count). The minimum absolute atomic E-state index is 0.0562. The van der Waals surface area contributed by atoms with Gasteiger partial charge in [-0.15, -0.1) is 0 Å². The third kappa shape index (κ3) is 4.13. The summed E-state index contributed by atoms with van der Waals surface area (Å²) in [5.41, 5.74) is 1.13. The number of hydrogen-bond acceptors (Lipinski definition) is 5. The number of methoxy groups -OCH3 is 2. The molecule has 19 heavy (non-hydrogen) atoms. The first-order valence-corrected chi connectivity index (χ1v) is 6.11. The van der Waals surface area contributed by atoms with Gasteiger partial charge in [0.25, 0.3) is 0 Å². The van der Waals surface area contributed by atoms with Gasteiger partial charge in [-0.05, 0) is 25.0 Å². The molecule has 0 heterocycles. The van der Waals surface area contributed by atoms with Crippen LogP contribution in [-0.4, -0.2) is 33.6 Å². The molecule has 1 aromatic carbocycles. The van der Waals surface area contributed by atoms with Gasteiger partial charge in [-0.25, -0.2) is 4.79 Å². The Bertz CT molecular complexity index is 428. The number of hydrogen-bond donors (Lipinski definition) is 0. The lowest BCUT2D eigenvalue weighted by Crippen LogP contribution is -2.10. The fourth-order valence-corrected chi connectivity index (χ4v) is 1.63. The maximum absolute atomic E-state index is 11.8. The van der Waals surface area contributed by atoms with E-state index in [4.69, 9.17) is 18.9 Å². The first-order valence-electron chi connectivity index (χ1n) is 6.11. The molecule has 0 radical (unpaired) electrons. The highest BCUT2D eigenvalue weighted by Crippen LogP contribution is 2.29. The van der Waals surface area contributed by atoms with Crippen molar-refractivity contribution < 1.29 is 23.7 Å². The molecule has 0 amide bonds. The minimum atomic E-state index is -0.439. The van der Waals surface area contributed by atoms with E-state index in [9.17, 15) is 4.79 Å². The molecule has 5 heteroatoms. The zero-order valence-corrected chi connectivity index (χ0v) is 11.8. The SMILES string of the molecule is CCCOc1cc(C)c(C(=O)OC)c(OCOC)c1. The number of ether oxygens (including phenoxy) is 4. The predicted octanol–water partition coefficient (Wildman–Crippen LogP) is 2.55. The number of rotatable bonds is 7. The van der Waals surface area contributed by atoms with E-state index in [-0.39, 0.29) is 6.79 Å². The fourth-order valence-electron chi connectivity index (χ4n) is 1.63. The van der Waals surface area contributed by atoms with Gasteiger partial charge in [-0.2, -0.15) is 0 Å². The summed E-state index contributed by atoms with van der Waals surface area (Å²) < 4.78 is 20.6. The Kier molecular flexibility index (Phi) is 6.15. The summed E-state index contributed by atoms with van der Waals surface area (Å²) in [7, 11) is 2.85. The zero-order chi connectivity index (χ0) is 14.3. The first-order chi connectivity index (χ1) is 9.13. The lowest BCUT2D eigenvalue weighted by atomic mass is 10.1. The molecule has 0 aliphatic rings. The number of esters is 1. The van der Waals surface area contributed by atoms with Crippen molar-refractivity contribution in [2.24, 2.45) is 0 Å². The molecule has 0 N–H and O–H groups in total. The molecular formula is C14H20O5. The monoisotopic (exact) mass is 268 g/mol. The van der Waals surface area contributed by atoms with Crippen LogP contribution in [0.3, 0.4) is 0 Å². The van der Waals surface area contributed by atoms with Crippen molar-refractivity contribution in [1.82, 2.24) is 0 Å². The highest BCUT2D eigenvalue weighted by Gasteiger charge is 2.18. The second-order valence-corrected chi connectivity index (χ2v) is 4.00. The third-order valence-electron chi connectivity index (χ3n) is 2.47. The molecule has 0 bridgehead atoms. The van der Waals surface area contributed by atoms with Crippen LogP contribution >= 0.6 is 0 Å². The van der Waals surface area contributed by atoms with E-state index in [1.807, 2.05) is 13.8 Å². The topological polar surface area (TPSA) is 54.0 Å². The zero-order valence-electron chi connectivity index (χ0n) is 11.8. The van der Waals surface area contributed by atoms with E-state index in [0.717, 1.165) is 12.0 Å². The molecular weight excluding hydrogens is 248 g/mol. The highest BCUT2D eigenvalue weighted by atomic mass is 16.7. The van der Waals surface area contributed by atoms with Crippen molar-refractivity contribution in [3.8, 4) is 11.5 Å². The molecule has 0 unspecified atom stereocenters. The summed E-state index contributed by atoms with van der Waals surface area (Å²) in [4.78, 5) is 11.8. The summed E-state index contributed by atoms with van der Waals surface area (Å²) in [6.07, 6.45) is 0.909. The van der Waals surface area contributed by atoms with Gasteiger partial charge >= 0.3 is 5.97 Å². The van der Waals surface area contributed by atoms with Crippen molar-refractivity contribution in [2.75, 3.05) is 27.6 Å². The molecule has 0 spiro atoms. The Labute approximate surface area is 113 Å². The molecule has 0 aromatic heterocycles. The van der Waals surface area contributed by atoms with Crippen molar-refractivity contribution in [3.63, 3.8) is 0 Å². The molecule has 0 saturated heterocycles. The molecule has 5 nitrogen and oxygen atoms in total. The van der Waals surface area contributed by atoms with Crippen molar-refractivity contribution in [2.45, 2.75) is 20.3 Å². The van der Waals surface area contributed by atoms with E-state index < -0.39 is 5.97 Å². The van der Waals surface area contributed by atoms with E-state index in [0.29, 0.717) is 23.7 Å². The molecule has 1 aromatic rings. The Balaban J connectivity index is 3.10. The molecule has 106 valence electrons. The van der Waals surface area contributed by atoms with Crippen LogP contribution in [0.4, 0.5) is 0 Å². The van der Waals surface area contributed by atoms with Gasteiger partial charge in [-0.1, -0.05) is 6.92 Å². The number of carbonyl (C=O) groups is 1. The Morgan fingerprint density at radius 2 is 1.95 bits per heavy atom. The van der Waals surface area contributed by atoms with Crippen LogP contribution < -0.4 is 9.47 Å². The van der Waals surface area contributed by atoms with Crippen LogP contribution in [0.25, 0.3) is 0 Å². The Hall–Kier alpha value is -1.75. The van der Waals surface area contributed by atoms with Crippen molar-refractivity contribution >= 4 is 5.97 Å². The second kappa shape index (κ2) is 7.63. The molecule has 0 atom stereocenters. The largest absolute Gasteiger partial charge is 0.493 e. The summed E-state index contributed by atoms with van der Waals surface area (Å²) in [6.45, 7) is 4.50.